The summed E-state index contributed by atoms with van der Waals surface area (Å²) in [4.78, 5) is 8.76. The number of hydrogen-bond donors (Lipinski definition) is 3. The SMILES string of the molecule is CCNC(=NCc1nc(C)c(C)o1)NCC(O)Cc1ccccc1.I. The number of aryl methyl sites for hydroxylation is 2. The highest BCUT2D eigenvalue weighted by Crippen LogP contribution is 2.09. The summed E-state index contributed by atoms with van der Waals surface area (Å²) in [5.41, 5.74) is 2.00. The summed E-state index contributed by atoms with van der Waals surface area (Å²) in [6.45, 7) is 7.32. The summed E-state index contributed by atoms with van der Waals surface area (Å²) in [5.74, 6) is 2.04. The van der Waals surface area contributed by atoms with E-state index in [-0.39, 0.29) is 24.0 Å². The van der Waals surface area contributed by atoms with Crippen molar-refractivity contribution >= 4 is 29.9 Å². The molecule has 1 unspecified atom stereocenters. The Kier molecular flexibility index (Phi) is 9.51. The van der Waals surface area contributed by atoms with Gasteiger partial charge < -0.3 is 20.2 Å². The first-order chi connectivity index (χ1) is 11.6. The zero-order valence-electron chi connectivity index (χ0n) is 15.0. The molecule has 3 N–H and O–H groups in total. The maximum absolute atomic E-state index is 10.2. The number of rotatable bonds is 7. The molecule has 0 saturated carbocycles. The van der Waals surface area contributed by atoms with Crippen LogP contribution in [-0.4, -0.2) is 35.2 Å². The van der Waals surface area contributed by atoms with Crippen LogP contribution in [0, 0.1) is 13.8 Å². The standard InChI is InChI=1S/C18H26N4O2.HI/c1-4-19-18(21-12-17-22-13(2)14(3)24-17)20-11-16(23)10-15-8-6-5-7-9-15;/h5-9,16,23H,4,10-12H2,1-3H3,(H2,19,20,21);1H. The van der Waals surface area contributed by atoms with Gasteiger partial charge in [0.2, 0.25) is 5.89 Å². The minimum atomic E-state index is -0.484. The molecule has 138 valence electrons. The Bertz CT molecular complexity index is 639. The second-order valence-electron chi connectivity index (χ2n) is 5.67. The van der Waals surface area contributed by atoms with Crippen LogP contribution in [0.15, 0.2) is 39.7 Å². The molecule has 1 aromatic heterocycles. The number of nitrogens with zero attached hydrogens (tertiary/aromatic N) is 2. The van der Waals surface area contributed by atoms with Crippen LogP contribution in [-0.2, 0) is 13.0 Å². The number of aliphatic imine (C=N–C) groups is 1. The van der Waals surface area contributed by atoms with Gasteiger partial charge in [0.25, 0.3) is 0 Å². The number of guanidine groups is 1. The van der Waals surface area contributed by atoms with Crippen LogP contribution in [0.3, 0.4) is 0 Å². The van der Waals surface area contributed by atoms with Crippen LogP contribution in [0.25, 0.3) is 0 Å². The van der Waals surface area contributed by atoms with Gasteiger partial charge in [-0.15, -0.1) is 24.0 Å². The minimum Gasteiger partial charge on any atom is -0.444 e. The van der Waals surface area contributed by atoms with Crippen LogP contribution in [0.1, 0.15) is 29.8 Å². The average molecular weight is 458 g/mol. The quantitative estimate of drug-likeness (QED) is 0.338. The van der Waals surface area contributed by atoms with Crippen LogP contribution in [0.4, 0.5) is 0 Å². The Labute approximate surface area is 166 Å². The molecule has 1 heterocycles. The summed E-state index contributed by atoms with van der Waals surface area (Å²) >= 11 is 0. The molecule has 0 radical (unpaired) electrons. The van der Waals surface area contributed by atoms with Crippen molar-refractivity contribution in [2.75, 3.05) is 13.1 Å². The highest BCUT2D eigenvalue weighted by molar-refractivity contribution is 14.0. The summed E-state index contributed by atoms with van der Waals surface area (Å²) in [6.07, 6.45) is 0.119. The van der Waals surface area contributed by atoms with Crippen molar-refractivity contribution in [3.05, 3.63) is 53.2 Å². The van der Waals surface area contributed by atoms with Gasteiger partial charge in [0, 0.05) is 19.5 Å². The van der Waals surface area contributed by atoms with E-state index in [0.29, 0.717) is 31.4 Å². The molecule has 25 heavy (non-hydrogen) atoms. The van der Waals surface area contributed by atoms with E-state index in [1.54, 1.807) is 0 Å². The van der Waals surface area contributed by atoms with Crippen molar-refractivity contribution in [1.82, 2.24) is 15.6 Å². The third-order valence-corrected chi connectivity index (χ3v) is 3.61. The maximum atomic E-state index is 10.2. The second kappa shape index (κ2) is 11.1. The van der Waals surface area contributed by atoms with Gasteiger partial charge >= 0.3 is 0 Å². The lowest BCUT2D eigenvalue weighted by Gasteiger charge is -2.15. The van der Waals surface area contributed by atoms with Crippen molar-refractivity contribution in [3.8, 4) is 0 Å². The number of halogens is 1. The van der Waals surface area contributed by atoms with E-state index >= 15 is 0 Å². The van der Waals surface area contributed by atoms with Crippen molar-refractivity contribution in [2.45, 2.75) is 39.8 Å². The number of nitrogens with one attached hydrogen (secondary N) is 2. The van der Waals surface area contributed by atoms with Crippen LogP contribution in [0.5, 0.6) is 0 Å². The van der Waals surface area contributed by atoms with Crippen LogP contribution in [0.2, 0.25) is 0 Å². The lowest BCUT2D eigenvalue weighted by molar-refractivity contribution is 0.177. The van der Waals surface area contributed by atoms with Crippen molar-refractivity contribution in [2.24, 2.45) is 4.99 Å². The molecule has 1 atom stereocenters. The summed E-state index contributed by atoms with van der Waals surface area (Å²) in [5, 5.41) is 16.5. The summed E-state index contributed by atoms with van der Waals surface area (Å²) in [6, 6.07) is 9.93. The van der Waals surface area contributed by atoms with E-state index in [4.69, 9.17) is 4.42 Å². The number of hydrogen-bond acceptors (Lipinski definition) is 4. The molecule has 7 heteroatoms. The van der Waals surface area contributed by atoms with E-state index in [9.17, 15) is 5.11 Å². The first kappa shape index (κ1) is 21.4. The Balaban J connectivity index is 0.00000312. The zero-order chi connectivity index (χ0) is 17.4. The molecule has 0 spiro atoms. The molecule has 0 aliphatic carbocycles. The maximum Gasteiger partial charge on any atom is 0.216 e. The van der Waals surface area contributed by atoms with Crippen LogP contribution >= 0.6 is 24.0 Å². The monoisotopic (exact) mass is 458 g/mol. The highest BCUT2D eigenvalue weighted by Gasteiger charge is 2.08. The zero-order valence-corrected chi connectivity index (χ0v) is 17.3. The molecule has 2 aromatic rings. The number of oxazole rings is 1. The molecule has 6 nitrogen and oxygen atoms in total. The number of aliphatic hydroxyl groups is 1. The Morgan fingerprint density at radius 1 is 1.24 bits per heavy atom. The largest absolute Gasteiger partial charge is 0.444 e. The lowest BCUT2D eigenvalue weighted by Crippen LogP contribution is -2.41. The minimum absolute atomic E-state index is 0. The van der Waals surface area contributed by atoms with Crippen LogP contribution < -0.4 is 10.6 Å². The van der Waals surface area contributed by atoms with Crippen molar-refractivity contribution < 1.29 is 9.52 Å². The number of aliphatic hydroxyl groups excluding tert-OH is 1. The molecule has 0 amide bonds. The number of aromatic nitrogens is 1. The van der Waals surface area contributed by atoms with Crippen molar-refractivity contribution in [3.63, 3.8) is 0 Å². The second-order valence-corrected chi connectivity index (χ2v) is 5.67. The molecular weight excluding hydrogens is 431 g/mol. The Morgan fingerprint density at radius 3 is 2.56 bits per heavy atom. The highest BCUT2D eigenvalue weighted by atomic mass is 127. The van der Waals surface area contributed by atoms with Gasteiger partial charge in [0.1, 0.15) is 12.3 Å². The molecule has 1 aromatic carbocycles. The summed E-state index contributed by atoms with van der Waals surface area (Å²) in [7, 11) is 0. The lowest BCUT2D eigenvalue weighted by atomic mass is 10.1. The Hall–Kier alpha value is -1.61. The van der Waals surface area contributed by atoms with Gasteiger partial charge in [-0.1, -0.05) is 30.3 Å². The Morgan fingerprint density at radius 2 is 1.96 bits per heavy atom. The van der Waals surface area contributed by atoms with Gasteiger partial charge in [-0.25, -0.2) is 9.98 Å². The predicted molar refractivity (Wildman–Crippen MR) is 110 cm³/mol. The van der Waals surface area contributed by atoms with E-state index in [2.05, 4.69) is 20.6 Å². The molecule has 0 aliphatic rings. The predicted octanol–water partition coefficient (Wildman–Crippen LogP) is 2.57. The molecule has 0 saturated heterocycles. The van der Waals surface area contributed by atoms with Gasteiger partial charge in [-0.3, -0.25) is 0 Å². The van der Waals surface area contributed by atoms with Gasteiger partial charge in [0.15, 0.2) is 5.96 Å². The van der Waals surface area contributed by atoms with Gasteiger partial charge in [-0.05, 0) is 26.3 Å². The first-order valence-electron chi connectivity index (χ1n) is 8.25. The fraction of sp³-hybridized carbons (Fsp3) is 0.444. The number of benzene rings is 1. The van der Waals surface area contributed by atoms with E-state index in [1.165, 1.54) is 0 Å². The van der Waals surface area contributed by atoms with E-state index in [0.717, 1.165) is 23.6 Å². The molecule has 2 rings (SSSR count). The molecule has 0 bridgehead atoms. The van der Waals surface area contributed by atoms with E-state index < -0.39 is 6.10 Å². The smallest absolute Gasteiger partial charge is 0.216 e. The molecular formula is C18H27IN4O2. The summed E-state index contributed by atoms with van der Waals surface area (Å²) < 4.78 is 5.52. The topological polar surface area (TPSA) is 82.7 Å². The third-order valence-electron chi connectivity index (χ3n) is 3.61. The molecule has 0 aliphatic heterocycles. The first-order valence-corrected chi connectivity index (χ1v) is 8.25. The fourth-order valence-corrected chi connectivity index (χ4v) is 2.27. The fourth-order valence-electron chi connectivity index (χ4n) is 2.27. The van der Waals surface area contributed by atoms with Crippen molar-refractivity contribution in [1.29, 1.82) is 0 Å². The van der Waals surface area contributed by atoms with Gasteiger partial charge in [-0.2, -0.15) is 0 Å². The average Bonchev–Trinajstić information content (AvgIpc) is 2.89. The molecule has 0 fully saturated rings. The third kappa shape index (κ3) is 7.43. The van der Waals surface area contributed by atoms with Gasteiger partial charge in [0.05, 0.1) is 11.8 Å². The normalized spacial score (nSPS) is 12.4. The van der Waals surface area contributed by atoms with E-state index in [1.807, 2.05) is 51.1 Å².